The third-order valence-electron chi connectivity index (χ3n) is 4.96. The maximum Gasteiger partial charge on any atom is 0.311 e. The summed E-state index contributed by atoms with van der Waals surface area (Å²) < 4.78 is 16.0. The first-order valence-electron chi connectivity index (χ1n) is 8.60. The fraction of sp³-hybridized carbons (Fsp3) is 0.579. The highest BCUT2D eigenvalue weighted by molar-refractivity contribution is 6.11. The SMILES string of the molecule is CCOC(=O)CC1=NC2(CCCC2)Cc2cc(OC)c(OC)cc21. The van der Waals surface area contributed by atoms with Gasteiger partial charge in [0.1, 0.15) is 0 Å². The second-order valence-electron chi connectivity index (χ2n) is 6.51. The van der Waals surface area contributed by atoms with Crippen LogP contribution in [0.5, 0.6) is 11.5 Å². The lowest BCUT2D eigenvalue weighted by molar-refractivity contribution is -0.141. The van der Waals surface area contributed by atoms with Crippen LogP contribution in [0.15, 0.2) is 17.1 Å². The van der Waals surface area contributed by atoms with Crippen LogP contribution in [-0.4, -0.2) is 38.0 Å². The van der Waals surface area contributed by atoms with E-state index >= 15 is 0 Å². The zero-order chi connectivity index (χ0) is 17.2. The molecule has 1 aromatic carbocycles. The van der Waals surface area contributed by atoms with Crippen LogP contribution in [0.4, 0.5) is 0 Å². The fourth-order valence-corrected chi connectivity index (χ4v) is 3.88. The minimum Gasteiger partial charge on any atom is -0.493 e. The second-order valence-corrected chi connectivity index (χ2v) is 6.51. The van der Waals surface area contributed by atoms with Crippen molar-refractivity contribution in [2.75, 3.05) is 20.8 Å². The zero-order valence-electron chi connectivity index (χ0n) is 14.7. The Hall–Kier alpha value is -2.04. The predicted molar refractivity (Wildman–Crippen MR) is 92.2 cm³/mol. The monoisotopic (exact) mass is 331 g/mol. The third kappa shape index (κ3) is 3.12. The Morgan fingerprint density at radius 1 is 1.17 bits per heavy atom. The number of carbonyl (C=O) groups excluding carboxylic acids is 1. The van der Waals surface area contributed by atoms with Gasteiger partial charge in [-0.1, -0.05) is 12.8 Å². The first-order chi connectivity index (χ1) is 11.6. The molecule has 3 rings (SSSR count). The number of ether oxygens (including phenoxy) is 3. The highest BCUT2D eigenvalue weighted by atomic mass is 16.5. The number of hydrogen-bond donors (Lipinski definition) is 0. The topological polar surface area (TPSA) is 57.1 Å². The van der Waals surface area contributed by atoms with Gasteiger partial charge >= 0.3 is 5.97 Å². The van der Waals surface area contributed by atoms with Crippen LogP contribution in [0.3, 0.4) is 0 Å². The lowest BCUT2D eigenvalue weighted by Gasteiger charge is -2.32. The number of fused-ring (bicyclic) bond motifs is 1. The maximum absolute atomic E-state index is 12.0. The Morgan fingerprint density at radius 3 is 2.46 bits per heavy atom. The molecule has 130 valence electrons. The molecule has 24 heavy (non-hydrogen) atoms. The minimum absolute atomic E-state index is 0.0611. The van der Waals surface area contributed by atoms with E-state index in [0.29, 0.717) is 12.4 Å². The summed E-state index contributed by atoms with van der Waals surface area (Å²) >= 11 is 0. The molecule has 1 spiro atoms. The highest BCUT2D eigenvalue weighted by Crippen LogP contribution is 2.43. The van der Waals surface area contributed by atoms with Crippen molar-refractivity contribution < 1.29 is 19.0 Å². The van der Waals surface area contributed by atoms with Crippen molar-refractivity contribution in [3.05, 3.63) is 23.3 Å². The van der Waals surface area contributed by atoms with E-state index < -0.39 is 0 Å². The molecule has 1 aliphatic heterocycles. The summed E-state index contributed by atoms with van der Waals surface area (Å²) in [5, 5.41) is 0. The highest BCUT2D eigenvalue weighted by Gasteiger charge is 2.38. The maximum atomic E-state index is 12.0. The molecule has 1 heterocycles. The smallest absolute Gasteiger partial charge is 0.311 e. The fourth-order valence-electron chi connectivity index (χ4n) is 3.88. The molecule has 0 unspecified atom stereocenters. The van der Waals surface area contributed by atoms with Crippen LogP contribution in [0.25, 0.3) is 0 Å². The van der Waals surface area contributed by atoms with E-state index in [9.17, 15) is 4.79 Å². The molecule has 1 aromatic rings. The van der Waals surface area contributed by atoms with Crippen molar-refractivity contribution in [2.24, 2.45) is 4.99 Å². The van der Waals surface area contributed by atoms with Gasteiger partial charge in [-0.05, 0) is 43.9 Å². The molecule has 0 bridgehead atoms. The Bertz CT molecular complexity index is 660. The van der Waals surface area contributed by atoms with E-state index in [0.717, 1.165) is 36.3 Å². The number of esters is 1. The third-order valence-corrected chi connectivity index (χ3v) is 4.96. The molecule has 1 aliphatic carbocycles. The Kier molecular flexibility index (Phi) is 4.78. The van der Waals surface area contributed by atoms with E-state index in [2.05, 4.69) is 0 Å². The van der Waals surface area contributed by atoms with Gasteiger partial charge in [-0.25, -0.2) is 0 Å². The lowest BCUT2D eigenvalue weighted by atomic mass is 9.82. The standard InChI is InChI=1S/C19H25NO4/c1-4-24-18(21)11-15-14-10-17(23-3)16(22-2)9-13(14)12-19(20-15)7-5-6-8-19/h9-10H,4-8,11-12H2,1-3H3. The normalized spacial score (nSPS) is 18.0. The summed E-state index contributed by atoms with van der Waals surface area (Å²) in [6.07, 6.45) is 5.64. The molecule has 0 aromatic heterocycles. The van der Waals surface area contributed by atoms with Crippen LogP contribution in [0.1, 0.15) is 50.2 Å². The molecule has 0 N–H and O–H groups in total. The summed E-state index contributed by atoms with van der Waals surface area (Å²) in [6, 6.07) is 3.97. The van der Waals surface area contributed by atoms with Crippen LogP contribution < -0.4 is 9.47 Å². The lowest BCUT2D eigenvalue weighted by Crippen LogP contribution is -2.33. The molecule has 2 aliphatic rings. The van der Waals surface area contributed by atoms with Gasteiger partial charge in [0.25, 0.3) is 0 Å². The summed E-state index contributed by atoms with van der Waals surface area (Å²) in [5.74, 6) is 1.16. The first-order valence-corrected chi connectivity index (χ1v) is 8.60. The van der Waals surface area contributed by atoms with Gasteiger partial charge in [0.05, 0.1) is 38.5 Å². The molecule has 1 fully saturated rings. The average Bonchev–Trinajstić information content (AvgIpc) is 3.01. The zero-order valence-corrected chi connectivity index (χ0v) is 14.7. The first kappa shape index (κ1) is 16.8. The van der Waals surface area contributed by atoms with Gasteiger partial charge in [-0.3, -0.25) is 9.79 Å². The molecule has 0 radical (unpaired) electrons. The number of methoxy groups -OCH3 is 2. The summed E-state index contributed by atoms with van der Waals surface area (Å²) in [4.78, 5) is 17.1. The molecule has 5 heteroatoms. The Balaban J connectivity index is 2.03. The molecule has 1 saturated carbocycles. The van der Waals surface area contributed by atoms with Crippen molar-refractivity contribution in [1.29, 1.82) is 0 Å². The molecule has 0 amide bonds. The van der Waals surface area contributed by atoms with Gasteiger partial charge in [-0.15, -0.1) is 0 Å². The van der Waals surface area contributed by atoms with Crippen LogP contribution in [0, 0.1) is 0 Å². The van der Waals surface area contributed by atoms with Crippen molar-refractivity contribution in [3.8, 4) is 11.5 Å². The van der Waals surface area contributed by atoms with Gasteiger partial charge in [0.2, 0.25) is 0 Å². The van der Waals surface area contributed by atoms with E-state index in [1.165, 1.54) is 18.4 Å². The van der Waals surface area contributed by atoms with Gasteiger partial charge in [-0.2, -0.15) is 0 Å². The number of benzene rings is 1. The number of nitrogens with zero attached hydrogens (tertiary/aromatic N) is 1. The average molecular weight is 331 g/mol. The summed E-state index contributed by atoms with van der Waals surface area (Å²) in [5.41, 5.74) is 2.92. The molecular formula is C19H25NO4. The number of rotatable bonds is 5. The molecule has 0 saturated heterocycles. The van der Waals surface area contributed by atoms with E-state index in [-0.39, 0.29) is 17.9 Å². The quantitative estimate of drug-likeness (QED) is 0.777. The predicted octanol–water partition coefficient (Wildman–Crippen LogP) is 3.32. The van der Waals surface area contributed by atoms with E-state index in [1.54, 1.807) is 14.2 Å². The number of hydrogen-bond acceptors (Lipinski definition) is 5. The molecule has 0 atom stereocenters. The largest absolute Gasteiger partial charge is 0.493 e. The van der Waals surface area contributed by atoms with Crippen molar-refractivity contribution in [3.63, 3.8) is 0 Å². The van der Waals surface area contributed by atoms with Crippen LogP contribution >= 0.6 is 0 Å². The Labute approximate surface area is 143 Å². The summed E-state index contributed by atoms with van der Waals surface area (Å²) in [7, 11) is 3.26. The van der Waals surface area contributed by atoms with Crippen molar-refractivity contribution >= 4 is 11.7 Å². The second kappa shape index (κ2) is 6.83. The van der Waals surface area contributed by atoms with E-state index in [4.69, 9.17) is 19.2 Å². The van der Waals surface area contributed by atoms with Gasteiger partial charge in [0.15, 0.2) is 11.5 Å². The molecular weight excluding hydrogens is 306 g/mol. The van der Waals surface area contributed by atoms with Crippen molar-refractivity contribution in [2.45, 2.75) is 51.0 Å². The van der Waals surface area contributed by atoms with Crippen molar-refractivity contribution in [1.82, 2.24) is 0 Å². The van der Waals surface area contributed by atoms with Gasteiger partial charge < -0.3 is 14.2 Å². The minimum atomic E-state index is -0.230. The number of aliphatic imine (C=N–C) groups is 1. The number of carbonyl (C=O) groups is 1. The van der Waals surface area contributed by atoms with Crippen LogP contribution in [0.2, 0.25) is 0 Å². The Morgan fingerprint density at radius 2 is 1.83 bits per heavy atom. The van der Waals surface area contributed by atoms with E-state index in [1.807, 2.05) is 19.1 Å². The summed E-state index contributed by atoms with van der Waals surface area (Å²) in [6.45, 7) is 2.21. The van der Waals surface area contributed by atoms with Gasteiger partial charge in [0, 0.05) is 5.56 Å². The molecule has 5 nitrogen and oxygen atoms in total. The van der Waals surface area contributed by atoms with Crippen LogP contribution in [-0.2, 0) is 16.0 Å².